The second-order valence-corrected chi connectivity index (χ2v) is 3.41. The van der Waals surface area contributed by atoms with E-state index in [0.29, 0.717) is 6.92 Å². The number of aliphatic carboxylic acids is 1. The fourth-order valence-corrected chi connectivity index (χ4v) is 1.46. The molecule has 0 atom stereocenters. The van der Waals surface area contributed by atoms with Gasteiger partial charge in [0.1, 0.15) is 5.75 Å². The largest absolute Gasteiger partial charge is 0.496 e. The predicted molar refractivity (Wildman–Crippen MR) is 54.5 cm³/mol. The van der Waals surface area contributed by atoms with Gasteiger partial charge in [-0.05, 0) is 12.1 Å². The molecule has 0 fully saturated rings. The Balaban J connectivity index is 3.51. The van der Waals surface area contributed by atoms with Crippen LogP contribution in [0.2, 0.25) is 0 Å². The van der Waals surface area contributed by atoms with E-state index in [2.05, 4.69) is 0 Å². The summed E-state index contributed by atoms with van der Waals surface area (Å²) < 4.78 is 31.4. The van der Waals surface area contributed by atoms with Crippen molar-refractivity contribution < 1.29 is 28.2 Å². The van der Waals surface area contributed by atoms with E-state index >= 15 is 0 Å². The summed E-state index contributed by atoms with van der Waals surface area (Å²) in [5, 5.41) is 8.55. The molecule has 0 saturated heterocycles. The van der Waals surface area contributed by atoms with Crippen molar-refractivity contribution in [3.63, 3.8) is 0 Å². The number of alkyl halides is 2. The number of carboxylic acids is 1. The summed E-state index contributed by atoms with van der Waals surface area (Å²) in [6, 6.07) is 3.56. The number of Topliss-reactive ketones (excluding diaryl/α,β-unsaturated/α-hetero) is 1. The number of ether oxygens (including phenoxy) is 1. The fraction of sp³-hybridized carbons (Fsp3) is 0.273. The fourth-order valence-electron chi connectivity index (χ4n) is 1.46. The van der Waals surface area contributed by atoms with E-state index in [4.69, 9.17) is 9.84 Å². The van der Waals surface area contributed by atoms with E-state index in [0.717, 1.165) is 6.07 Å². The first-order valence-corrected chi connectivity index (χ1v) is 4.62. The normalized spacial score (nSPS) is 11.1. The van der Waals surface area contributed by atoms with Gasteiger partial charge < -0.3 is 9.84 Å². The molecule has 0 unspecified atom stereocenters. The van der Waals surface area contributed by atoms with Gasteiger partial charge in [0.2, 0.25) is 0 Å². The number of carboxylic acid groups (broad SMARTS) is 1. The molecule has 0 aliphatic heterocycles. The number of rotatable bonds is 4. The van der Waals surface area contributed by atoms with Gasteiger partial charge in [-0.2, -0.15) is 0 Å². The van der Waals surface area contributed by atoms with Crippen LogP contribution in [0, 0.1) is 0 Å². The first kappa shape index (κ1) is 13.1. The van der Waals surface area contributed by atoms with Crippen LogP contribution in [0.3, 0.4) is 0 Å². The molecule has 17 heavy (non-hydrogen) atoms. The van der Waals surface area contributed by atoms with Crippen LogP contribution in [0.4, 0.5) is 8.78 Å². The second kappa shape index (κ2) is 4.48. The van der Waals surface area contributed by atoms with E-state index < -0.39 is 28.8 Å². The minimum atomic E-state index is -3.37. The lowest BCUT2D eigenvalue weighted by Gasteiger charge is -2.17. The lowest BCUT2D eigenvalue weighted by molar-refractivity contribution is -0.131. The number of benzene rings is 1. The van der Waals surface area contributed by atoms with Crippen molar-refractivity contribution in [1.82, 2.24) is 0 Å². The molecular weight excluding hydrogens is 234 g/mol. The van der Waals surface area contributed by atoms with Crippen molar-refractivity contribution >= 4 is 11.8 Å². The molecule has 1 N–H and O–H groups in total. The Bertz CT molecular complexity index is 463. The number of carbonyl (C=O) groups excluding carboxylic acids is 1. The van der Waals surface area contributed by atoms with Gasteiger partial charge in [-0.1, -0.05) is 6.07 Å². The predicted octanol–water partition coefficient (Wildman–Crippen LogP) is 2.07. The Morgan fingerprint density at radius 1 is 1.35 bits per heavy atom. The van der Waals surface area contributed by atoms with Gasteiger partial charge in [0, 0.05) is 12.5 Å². The molecule has 0 aliphatic rings. The lowest BCUT2D eigenvalue weighted by Crippen LogP contribution is -2.20. The van der Waals surface area contributed by atoms with Crippen LogP contribution in [-0.4, -0.2) is 24.0 Å². The highest BCUT2D eigenvalue weighted by Gasteiger charge is 2.35. The van der Waals surface area contributed by atoms with Crippen molar-refractivity contribution in [1.29, 1.82) is 0 Å². The SMILES string of the molecule is COc1cccc(C(=O)C(=O)O)c1C(C)(F)F. The molecule has 92 valence electrons. The maximum atomic E-state index is 13.4. The van der Waals surface area contributed by atoms with Gasteiger partial charge in [-0.3, -0.25) is 4.79 Å². The van der Waals surface area contributed by atoms with E-state index in [1.54, 1.807) is 0 Å². The summed E-state index contributed by atoms with van der Waals surface area (Å²) >= 11 is 0. The third kappa shape index (κ3) is 2.58. The maximum absolute atomic E-state index is 13.4. The van der Waals surface area contributed by atoms with E-state index in [9.17, 15) is 18.4 Å². The van der Waals surface area contributed by atoms with Crippen molar-refractivity contribution in [3.8, 4) is 5.75 Å². The van der Waals surface area contributed by atoms with Crippen LogP contribution in [0.5, 0.6) is 5.75 Å². The summed E-state index contributed by atoms with van der Waals surface area (Å²) in [6.07, 6.45) is 0. The molecule has 4 nitrogen and oxygen atoms in total. The number of ketones is 1. The first-order chi connectivity index (χ1) is 7.79. The highest BCUT2D eigenvalue weighted by atomic mass is 19.3. The molecule has 1 rings (SSSR count). The molecule has 1 aromatic rings. The van der Waals surface area contributed by atoms with Gasteiger partial charge in [0.25, 0.3) is 11.7 Å². The molecular formula is C11H10F2O4. The molecule has 0 heterocycles. The molecule has 0 bridgehead atoms. The molecule has 6 heteroatoms. The van der Waals surface area contributed by atoms with Crippen molar-refractivity contribution in [2.24, 2.45) is 0 Å². The molecule has 0 aliphatic carbocycles. The number of methoxy groups -OCH3 is 1. The monoisotopic (exact) mass is 244 g/mol. The average molecular weight is 244 g/mol. The summed E-state index contributed by atoms with van der Waals surface area (Å²) in [6.45, 7) is 0.573. The highest BCUT2D eigenvalue weighted by molar-refractivity contribution is 6.40. The third-order valence-electron chi connectivity index (χ3n) is 2.12. The summed E-state index contributed by atoms with van der Waals surface area (Å²) in [7, 11) is 1.17. The smallest absolute Gasteiger partial charge is 0.377 e. The van der Waals surface area contributed by atoms with Crippen LogP contribution in [-0.2, 0) is 10.7 Å². The molecule has 1 aromatic carbocycles. The van der Waals surface area contributed by atoms with Crippen LogP contribution in [0.25, 0.3) is 0 Å². The third-order valence-corrected chi connectivity index (χ3v) is 2.12. The Labute approximate surface area is 95.8 Å². The average Bonchev–Trinajstić information content (AvgIpc) is 2.25. The van der Waals surface area contributed by atoms with Crippen molar-refractivity contribution in [2.75, 3.05) is 7.11 Å². The van der Waals surface area contributed by atoms with E-state index in [1.807, 2.05) is 0 Å². The molecule has 0 radical (unpaired) electrons. The minimum Gasteiger partial charge on any atom is -0.496 e. The quantitative estimate of drug-likeness (QED) is 0.650. The number of halogens is 2. The van der Waals surface area contributed by atoms with Gasteiger partial charge in [0.15, 0.2) is 0 Å². The topological polar surface area (TPSA) is 63.6 Å². The maximum Gasteiger partial charge on any atom is 0.377 e. The Kier molecular flexibility index (Phi) is 3.45. The zero-order chi connectivity index (χ0) is 13.2. The Morgan fingerprint density at radius 2 is 1.94 bits per heavy atom. The standard InChI is InChI=1S/C11H10F2O4/c1-11(12,13)8-6(9(14)10(15)16)4-3-5-7(8)17-2/h3-5H,1-2H3,(H,15,16). The minimum absolute atomic E-state index is 0.218. The van der Waals surface area contributed by atoms with Crippen molar-refractivity contribution in [2.45, 2.75) is 12.8 Å². The number of hydrogen-bond acceptors (Lipinski definition) is 3. The zero-order valence-electron chi connectivity index (χ0n) is 9.16. The number of hydrogen-bond donors (Lipinski definition) is 1. The first-order valence-electron chi connectivity index (χ1n) is 4.62. The molecule has 0 amide bonds. The van der Waals surface area contributed by atoms with E-state index in [-0.39, 0.29) is 5.75 Å². The number of carbonyl (C=O) groups is 2. The van der Waals surface area contributed by atoms with Crippen LogP contribution >= 0.6 is 0 Å². The van der Waals surface area contributed by atoms with Crippen LogP contribution in [0.15, 0.2) is 18.2 Å². The Morgan fingerprint density at radius 3 is 2.35 bits per heavy atom. The van der Waals surface area contributed by atoms with Gasteiger partial charge >= 0.3 is 5.97 Å². The van der Waals surface area contributed by atoms with Gasteiger partial charge in [-0.25, -0.2) is 13.6 Å². The summed E-state index contributed by atoms with van der Waals surface area (Å²) in [4.78, 5) is 21.8. The zero-order valence-corrected chi connectivity index (χ0v) is 9.16. The van der Waals surface area contributed by atoms with Gasteiger partial charge in [-0.15, -0.1) is 0 Å². The van der Waals surface area contributed by atoms with E-state index in [1.165, 1.54) is 19.2 Å². The highest BCUT2D eigenvalue weighted by Crippen LogP contribution is 2.37. The second-order valence-electron chi connectivity index (χ2n) is 3.41. The van der Waals surface area contributed by atoms with Gasteiger partial charge in [0.05, 0.1) is 12.7 Å². The lowest BCUT2D eigenvalue weighted by atomic mass is 9.98. The van der Waals surface area contributed by atoms with Crippen LogP contribution in [0.1, 0.15) is 22.8 Å². The molecule has 0 spiro atoms. The molecule has 0 saturated carbocycles. The molecule has 0 aromatic heterocycles. The summed E-state index contributed by atoms with van der Waals surface area (Å²) in [5.41, 5.74) is -1.28. The van der Waals surface area contributed by atoms with Crippen molar-refractivity contribution in [3.05, 3.63) is 29.3 Å². The van der Waals surface area contributed by atoms with Crippen LogP contribution < -0.4 is 4.74 Å². The summed E-state index contributed by atoms with van der Waals surface area (Å²) in [5.74, 6) is -6.76. The Hall–Kier alpha value is -1.98.